The van der Waals surface area contributed by atoms with E-state index in [1.165, 1.54) is 6.20 Å². The first-order chi connectivity index (χ1) is 9.85. The third kappa shape index (κ3) is 5.54. The Morgan fingerprint density at radius 3 is 2.57 bits per heavy atom. The number of aliphatic hydroxyl groups is 1. The summed E-state index contributed by atoms with van der Waals surface area (Å²) in [6, 6.07) is 8.61. The maximum absolute atomic E-state index is 10.8. The Hall–Kier alpha value is -2.53. The van der Waals surface area contributed by atoms with E-state index < -0.39 is 11.6 Å². The second kappa shape index (κ2) is 7.31. The van der Waals surface area contributed by atoms with E-state index in [-0.39, 0.29) is 0 Å². The van der Waals surface area contributed by atoms with Gasteiger partial charge in [0.05, 0.1) is 5.60 Å². The minimum Gasteiger partial charge on any atom is -0.405 e. The molecule has 1 atom stereocenters. The van der Waals surface area contributed by atoms with Crippen LogP contribution < -0.4 is 16.8 Å². The van der Waals surface area contributed by atoms with Crippen molar-refractivity contribution in [3.63, 3.8) is 0 Å². The number of primary amides is 1. The quantitative estimate of drug-likeness (QED) is 0.601. The first kappa shape index (κ1) is 16.5. The van der Waals surface area contributed by atoms with Gasteiger partial charge in [0.1, 0.15) is 0 Å². The lowest BCUT2D eigenvalue weighted by molar-refractivity contribution is 0.0585. The molecule has 6 N–H and O–H groups in total. The molecular formula is C16H21N3O2. The Morgan fingerprint density at radius 2 is 2.05 bits per heavy atom. The maximum Gasteiger partial charge on any atom is 0.316 e. The monoisotopic (exact) mass is 287 g/mol. The highest BCUT2D eigenvalue weighted by Crippen LogP contribution is 2.28. The standard InChI is InChI=1S/C16H21N3O2/c1-12(19-15(18)20)10-13(8-9-17)11-16(2,21)14-6-4-3-5-7-14/h3-10,21H,1,11,17H2,2H3,(H3,18,19,20)/b9-8-,13-10+. The molecule has 21 heavy (non-hydrogen) atoms. The number of rotatable bonds is 6. The molecule has 0 aliphatic heterocycles. The predicted octanol–water partition coefficient (Wildman–Crippen LogP) is 1.86. The molecule has 0 aliphatic rings. The van der Waals surface area contributed by atoms with Crippen molar-refractivity contribution in [2.75, 3.05) is 0 Å². The first-order valence-corrected chi connectivity index (χ1v) is 6.47. The number of hydrogen-bond acceptors (Lipinski definition) is 3. The number of nitrogens with one attached hydrogen (secondary N) is 1. The molecule has 0 bridgehead atoms. The molecule has 0 fully saturated rings. The van der Waals surface area contributed by atoms with Crippen LogP contribution in [0.25, 0.3) is 0 Å². The van der Waals surface area contributed by atoms with E-state index in [2.05, 4.69) is 11.9 Å². The second-order valence-corrected chi connectivity index (χ2v) is 4.91. The molecule has 0 aromatic heterocycles. The fourth-order valence-corrected chi connectivity index (χ4v) is 2.00. The number of carbonyl (C=O) groups excluding carboxylic acids is 1. The number of hydrogen-bond donors (Lipinski definition) is 4. The van der Waals surface area contributed by atoms with Crippen molar-refractivity contribution in [3.05, 3.63) is 72.1 Å². The Labute approximate surface area is 124 Å². The lowest BCUT2D eigenvalue weighted by Crippen LogP contribution is -2.28. The van der Waals surface area contributed by atoms with Crippen LogP contribution in [0.3, 0.4) is 0 Å². The first-order valence-electron chi connectivity index (χ1n) is 6.47. The molecule has 0 radical (unpaired) electrons. The number of urea groups is 1. The summed E-state index contributed by atoms with van der Waals surface area (Å²) >= 11 is 0. The molecule has 1 unspecified atom stereocenters. The molecule has 0 aliphatic carbocycles. The van der Waals surface area contributed by atoms with Crippen molar-refractivity contribution in [2.45, 2.75) is 18.9 Å². The average Bonchev–Trinajstić information content (AvgIpc) is 2.38. The van der Waals surface area contributed by atoms with Gasteiger partial charge in [0, 0.05) is 12.1 Å². The van der Waals surface area contributed by atoms with Gasteiger partial charge in [0.25, 0.3) is 0 Å². The molecule has 0 saturated heterocycles. The highest BCUT2D eigenvalue weighted by molar-refractivity contribution is 5.74. The molecule has 112 valence electrons. The van der Waals surface area contributed by atoms with Crippen molar-refractivity contribution >= 4 is 6.03 Å². The normalized spacial score (nSPS) is 14.7. The summed E-state index contributed by atoms with van der Waals surface area (Å²) in [5, 5.41) is 13.0. The predicted molar refractivity (Wildman–Crippen MR) is 83.9 cm³/mol. The van der Waals surface area contributed by atoms with E-state index in [9.17, 15) is 9.90 Å². The molecule has 1 aromatic rings. The Morgan fingerprint density at radius 1 is 1.43 bits per heavy atom. The zero-order chi connectivity index (χ0) is 15.9. The number of benzene rings is 1. The summed E-state index contributed by atoms with van der Waals surface area (Å²) in [4.78, 5) is 10.8. The van der Waals surface area contributed by atoms with Crippen LogP contribution in [0.5, 0.6) is 0 Å². The summed E-state index contributed by atoms with van der Waals surface area (Å²) in [7, 11) is 0. The summed E-state index contributed by atoms with van der Waals surface area (Å²) < 4.78 is 0. The van der Waals surface area contributed by atoms with Gasteiger partial charge in [0.15, 0.2) is 0 Å². The number of nitrogens with two attached hydrogens (primary N) is 2. The van der Waals surface area contributed by atoms with Crippen LogP contribution in [0.1, 0.15) is 18.9 Å². The minimum atomic E-state index is -1.07. The average molecular weight is 287 g/mol. The van der Waals surface area contributed by atoms with E-state index in [0.717, 1.165) is 5.56 Å². The second-order valence-electron chi connectivity index (χ2n) is 4.91. The van der Waals surface area contributed by atoms with Crippen LogP contribution >= 0.6 is 0 Å². The smallest absolute Gasteiger partial charge is 0.316 e. The fraction of sp³-hybridized carbons (Fsp3) is 0.188. The summed E-state index contributed by atoms with van der Waals surface area (Å²) in [6.07, 6.45) is 4.94. The number of allylic oxidation sites excluding steroid dienone is 2. The van der Waals surface area contributed by atoms with Crippen molar-refractivity contribution in [2.24, 2.45) is 11.5 Å². The highest BCUT2D eigenvalue weighted by atomic mass is 16.3. The molecule has 1 rings (SSSR count). The molecule has 2 amide bonds. The Balaban J connectivity index is 2.95. The Kier molecular flexibility index (Phi) is 5.75. The van der Waals surface area contributed by atoms with Crippen LogP contribution in [0.2, 0.25) is 0 Å². The molecule has 0 saturated carbocycles. The highest BCUT2D eigenvalue weighted by Gasteiger charge is 2.23. The lowest BCUT2D eigenvalue weighted by atomic mass is 9.88. The lowest BCUT2D eigenvalue weighted by Gasteiger charge is -2.24. The van der Waals surface area contributed by atoms with Crippen molar-refractivity contribution in [1.82, 2.24) is 5.32 Å². The van der Waals surface area contributed by atoms with Crippen LogP contribution in [-0.4, -0.2) is 11.1 Å². The topological polar surface area (TPSA) is 101 Å². The largest absolute Gasteiger partial charge is 0.405 e. The maximum atomic E-state index is 10.8. The van der Waals surface area contributed by atoms with Crippen LogP contribution in [0, 0.1) is 0 Å². The van der Waals surface area contributed by atoms with E-state index in [0.29, 0.717) is 17.7 Å². The number of carbonyl (C=O) groups is 1. The molecule has 5 nitrogen and oxygen atoms in total. The molecule has 0 heterocycles. The van der Waals surface area contributed by atoms with Crippen molar-refractivity contribution < 1.29 is 9.90 Å². The van der Waals surface area contributed by atoms with Crippen LogP contribution in [0.15, 0.2) is 66.5 Å². The third-order valence-electron chi connectivity index (χ3n) is 2.90. The summed E-state index contributed by atoms with van der Waals surface area (Å²) in [6.45, 7) is 5.39. The number of amides is 2. The zero-order valence-electron chi connectivity index (χ0n) is 12.0. The van der Waals surface area contributed by atoms with Crippen LogP contribution in [-0.2, 0) is 5.60 Å². The van der Waals surface area contributed by atoms with Gasteiger partial charge in [-0.3, -0.25) is 0 Å². The summed E-state index contributed by atoms with van der Waals surface area (Å²) in [5.41, 5.74) is 11.2. The van der Waals surface area contributed by atoms with E-state index in [1.807, 2.05) is 30.3 Å². The van der Waals surface area contributed by atoms with Gasteiger partial charge < -0.3 is 21.9 Å². The van der Waals surface area contributed by atoms with E-state index >= 15 is 0 Å². The molecule has 1 aromatic carbocycles. The van der Waals surface area contributed by atoms with Crippen molar-refractivity contribution in [3.8, 4) is 0 Å². The minimum absolute atomic E-state index is 0.310. The van der Waals surface area contributed by atoms with Crippen molar-refractivity contribution in [1.29, 1.82) is 0 Å². The van der Waals surface area contributed by atoms with E-state index in [4.69, 9.17) is 11.5 Å². The zero-order valence-corrected chi connectivity index (χ0v) is 12.0. The summed E-state index contributed by atoms with van der Waals surface area (Å²) in [5.74, 6) is 0. The van der Waals surface area contributed by atoms with Gasteiger partial charge in [-0.2, -0.15) is 0 Å². The molecule has 0 spiro atoms. The van der Waals surface area contributed by atoms with Gasteiger partial charge in [-0.05, 0) is 36.4 Å². The van der Waals surface area contributed by atoms with E-state index in [1.54, 1.807) is 19.1 Å². The molecular weight excluding hydrogens is 266 g/mol. The third-order valence-corrected chi connectivity index (χ3v) is 2.90. The van der Waals surface area contributed by atoms with Gasteiger partial charge in [-0.15, -0.1) is 0 Å². The fourth-order valence-electron chi connectivity index (χ4n) is 2.00. The van der Waals surface area contributed by atoms with Gasteiger partial charge in [-0.25, -0.2) is 4.79 Å². The van der Waals surface area contributed by atoms with Crippen LogP contribution in [0.4, 0.5) is 4.79 Å². The Bertz CT molecular complexity index is 560. The molecule has 5 heteroatoms. The van der Waals surface area contributed by atoms with Gasteiger partial charge >= 0.3 is 6.03 Å². The van der Waals surface area contributed by atoms with Gasteiger partial charge in [-0.1, -0.05) is 36.9 Å². The van der Waals surface area contributed by atoms with Gasteiger partial charge in [0.2, 0.25) is 0 Å². The SMILES string of the molecule is C=C(/C=C(\C=C/N)CC(C)(O)c1ccccc1)NC(N)=O.